The van der Waals surface area contributed by atoms with Crippen LogP contribution in [0.15, 0.2) is 182 Å². The molecule has 0 fully saturated rings. The second-order valence-electron chi connectivity index (χ2n) is 20.5. The van der Waals surface area contributed by atoms with Gasteiger partial charge in [0.2, 0.25) is 0 Å². The first-order valence-electron chi connectivity index (χ1n) is 23.5. The third kappa shape index (κ3) is 7.72. The number of rotatable bonds is 10. The molecule has 2 nitrogen and oxygen atoms in total. The van der Waals surface area contributed by atoms with E-state index in [1.165, 1.54) is 121 Å². The lowest BCUT2D eigenvalue weighted by atomic mass is 9.91. The van der Waals surface area contributed by atoms with Gasteiger partial charge in [0.25, 0.3) is 0 Å². The highest BCUT2D eigenvalue weighted by Crippen LogP contribution is 2.49. The predicted octanol–water partition coefficient (Wildman–Crippen LogP) is 17.2. The zero-order valence-corrected chi connectivity index (χ0v) is 42.2. The van der Waals surface area contributed by atoms with E-state index < -0.39 is 16.1 Å². The molecule has 0 N–H and O–H groups in total. The lowest BCUT2D eigenvalue weighted by Crippen LogP contribution is -2.38. The van der Waals surface area contributed by atoms with Gasteiger partial charge in [0, 0.05) is 33.5 Å². The van der Waals surface area contributed by atoms with Crippen molar-refractivity contribution in [3.63, 3.8) is 0 Å². The van der Waals surface area contributed by atoms with Crippen LogP contribution in [-0.4, -0.2) is 16.1 Å². The first-order chi connectivity index (χ1) is 31.7. The predicted molar refractivity (Wildman–Crippen MR) is 295 cm³/mol. The lowest BCUT2D eigenvalue weighted by Gasteiger charge is -2.33. The van der Waals surface area contributed by atoms with Crippen LogP contribution in [0.2, 0.25) is 39.3 Å². The number of benzene rings is 10. The molecule has 0 saturated heterocycles. The van der Waals surface area contributed by atoms with Crippen LogP contribution < -0.4 is 20.2 Å². The van der Waals surface area contributed by atoms with Gasteiger partial charge < -0.3 is 9.80 Å². The van der Waals surface area contributed by atoms with Crippen LogP contribution >= 0.6 is 0 Å². The van der Waals surface area contributed by atoms with Crippen molar-refractivity contribution in [1.82, 2.24) is 0 Å². The molecule has 10 aromatic rings. The monoisotopic (exact) mass is 888 g/mol. The topological polar surface area (TPSA) is 6.48 Å². The van der Waals surface area contributed by atoms with Gasteiger partial charge in [-0.3, -0.25) is 0 Å². The smallest absolute Gasteiger partial charge is 0.0776 e. The second-order valence-corrected chi connectivity index (χ2v) is 30.7. The summed E-state index contributed by atoms with van der Waals surface area (Å²) in [5.74, 6) is 0. The minimum absolute atomic E-state index is 1.19. The van der Waals surface area contributed by atoms with Crippen LogP contribution in [0.1, 0.15) is 22.3 Å². The third-order valence-electron chi connectivity index (χ3n) is 13.8. The maximum atomic E-state index is 2.57. The fourth-order valence-electron chi connectivity index (χ4n) is 9.89. The zero-order chi connectivity index (χ0) is 46.1. The van der Waals surface area contributed by atoms with E-state index in [0.717, 1.165) is 0 Å². The Hall–Kier alpha value is -6.73. The van der Waals surface area contributed by atoms with E-state index in [1.54, 1.807) is 0 Å². The Morgan fingerprint density at radius 2 is 0.621 bits per heavy atom. The van der Waals surface area contributed by atoms with Crippen molar-refractivity contribution in [3.8, 4) is 22.3 Å². The molecule has 0 bridgehead atoms. The van der Waals surface area contributed by atoms with Gasteiger partial charge in [-0.25, -0.2) is 0 Å². The molecular weight excluding hydrogens is 829 g/mol. The van der Waals surface area contributed by atoms with E-state index in [1.807, 2.05) is 0 Å². The largest absolute Gasteiger partial charge is 0.309 e. The molecular formula is C62H60N2Si2. The zero-order valence-electron chi connectivity index (χ0n) is 40.2. The number of nitrogens with zero attached hydrogens (tertiary/aromatic N) is 2. The first-order valence-corrected chi connectivity index (χ1v) is 30.5. The Labute approximate surface area is 394 Å². The number of hydrogen-bond acceptors (Lipinski definition) is 2. The van der Waals surface area contributed by atoms with Crippen molar-refractivity contribution >= 4 is 93.0 Å². The van der Waals surface area contributed by atoms with Crippen molar-refractivity contribution in [2.24, 2.45) is 0 Å². The summed E-state index contributed by atoms with van der Waals surface area (Å²) < 4.78 is 0. The highest BCUT2D eigenvalue weighted by Gasteiger charge is 2.27. The number of anilines is 6. The Morgan fingerprint density at radius 3 is 0.985 bits per heavy atom. The van der Waals surface area contributed by atoms with Crippen LogP contribution in [0.5, 0.6) is 0 Å². The van der Waals surface area contributed by atoms with Gasteiger partial charge in [-0.05, 0) is 130 Å². The minimum Gasteiger partial charge on any atom is -0.309 e. The van der Waals surface area contributed by atoms with Crippen LogP contribution in [0, 0.1) is 27.7 Å². The Bertz CT molecular complexity index is 3200. The highest BCUT2D eigenvalue weighted by atomic mass is 28.3. The summed E-state index contributed by atoms with van der Waals surface area (Å²) >= 11 is 0. The standard InChI is InChI=1S/C62H60N2Si2/c1-41-21-25-49(45-17-13-11-14-18-45)37-57(41)63(59-39-51(65(5,6)7)31-23-43(59)3)55-35-29-47-28-34-54-56(36-30-48-27-33-53(55)61(47)62(48)54)64(60-40-52(66(8,9)10)32-24-44(60)4)58-38-50(26-22-42(58)2)46-19-15-12-16-20-46/h11-40H,1-10H3. The first kappa shape index (κ1) is 43.2. The summed E-state index contributed by atoms with van der Waals surface area (Å²) in [6.07, 6.45) is 0. The van der Waals surface area contributed by atoms with Gasteiger partial charge >= 0.3 is 0 Å². The maximum Gasteiger partial charge on any atom is 0.0776 e. The SMILES string of the molecule is Cc1ccc(-c2ccccc2)cc1N(c1cc([Si](C)(C)C)ccc1C)c1ccc2ccc3c(N(c4cc(-c5ccccc5)ccc4C)c4cc([Si](C)(C)C)ccc4C)ccc4ccc1c2c43. The van der Waals surface area contributed by atoms with Gasteiger partial charge in [-0.2, -0.15) is 0 Å². The van der Waals surface area contributed by atoms with E-state index in [4.69, 9.17) is 0 Å². The number of hydrogen-bond donors (Lipinski definition) is 0. The van der Waals surface area contributed by atoms with Crippen molar-refractivity contribution in [2.75, 3.05) is 9.80 Å². The molecule has 0 aliphatic heterocycles. The van der Waals surface area contributed by atoms with Crippen molar-refractivity contribution in [1.29, 1.82) is 0 Å². The molecule has 66 heavy (non-hydrogen) atoms. The van der Waals surface area contributed by atoms with E-state index in [0.29, 0.717) is 0 Å². The Morgan fingerprint density at radius 1 is 0.288 bits per heavy atom. The van der Waals surface area contributed by atoms with E-state index in [2.05, 4.69) is 259 Å². The molecule has 0 spiro atoms. The van der Waals surface area contributed by atoms with Crippen LogP contribution in [0.4, 0.5) is 34.1 Å². The fourth-order valence-corrected chi connectivity index (χ4v) is 12.2. The van der Waals surface area contributed by atoms with Crippen molar-refractivity contribution in [2.45, 2.75) is 67.0 Å². The summed E-state index contributed by atoms with van der Waals surface area (Å²) in [6.45, 7) is 23.8. The van der Waals surface area contributed by atoms with Gasteiger partial charge in [-0.15, -0.1) is 0 Å². The highest BCUT2D eigenvalue weighted by molar-refractivity contribution is 6.89. The molecule has 4 heteroatoms. The van der Waals surface area contributed by atoms with E-state index in [-0.39, 0.29) is 0 Å². The second kappa shape index (κ2) is 16.6. The van der Waals surface area contributed by atoms with Crippen LogP contribution in [0.3, 0.4) is 0 Å². The minimum atomic E-state index is -1.67. The molecule has 0 aromatic heterocycles. The quantitative estimate of drug-likeness (QED) is 0.0997. The van der Waals surface area contributed by atoms with Crippen molar-refractivity contribution < 1.29 is 0 Å². The van der Waals surface area contributed by atoms with E-state index >= 15 is 0 Å². The molecule has 0 unspecified atom stereocenters. The number of aryl methyl sites for hydroxylation is 4. The normalized spacial score (nSPS) is 12.1. The third-order valence-corrected chi connectivity index (χ3v) is 17.9. The molecule has 0 saturated carbocycles. The van der Waals surface area contributed by atoms with Crippen LogP contribution in [-0.2, 0) is 0 Å². The average Bonchev–Trinajstić information content (AvgIpc) is 3.31. The van der Waals surface area contributed by atoms with Gasteiger partial charge in [0.05, 0.1) is 27.5 Å². The maximum absolute atomic E-state index is 2.57. The molecule has 0 heterocycles. The molecule has 0 aliphatic carbocycles. The van der Waals surface area contributed by atoms with Crippen LogP contribution in [0.25, 0.3) is 54.6 Å². The molecule has 0 atom stereocenters. The molecule has 0 aliphatic rings. The summed E-state index contributed by atoms with van der Waals surface area (Å²) in [4.78, 5) is 5.15. The average molecular weight is 889 g/mol. The Kier molecular flexibility index (Phi) is 10.9. The lowest BCUT2D eigenvalue weighted by molar-refractivity contribution is 1.24. The van der Waals surface area contributed by atoms with Gasteiger partial charge in [0.15, 0.2) is 0 Å². The van der Waals surface area contributed by atoms with Gasteiger partial charge in [-0.1, -0.05) is 195 Å². The molecule has 0 amide bonds. The Balaban J connectivity index is 1.26. The molecule has 0 radical (unpaired) electrons. The molecule has 326 valence electrons. The summed E-state index contributed by atoms with van der Waals surface area (Å²) in [5.41, 5.74) is 17.1. The summed E-state index contributed by atoms with van der Waals surface area (Å²) in [6, 6.07) is 68.9. The summed E-state index contributed by atoms with van der Waals surface area (Å²) in [5, 5.41) is 10.5. The summed E-state index contributed by atoms with van der Waals surface area (Å²) in [7, 11) is -3.33. The van der Waals surface area contributed by atoms with E-state index in [9.17, 15) is 0 Å². The van der Waals surface area contributed by atoms with Gasteiger partial charge in [0.1, 0.15) is 0 Å². The fraction of sp³-hybridized carbons (Fsp3) is 0.161. The van der Waals surface area contributed by atoms with Crippen molar-refractivity contribution in [3.05, 3.63) is 204 Å². The molecule has 10 aromatic carbocycles. The molecule has 10 rings (SSSR count).